The maximum atomic E-state index is 5.82. The molecule has 20 heteroatoms. The normalized spacial score (nSPS) is 13.0. The second-order valence-electron chi connectivity index (χ2n) is 8.10. The summed E-state index contributed by atoms with van der Waals surface area (Å²) in [7, 11) is 1.56. The van der Waals surface area contributed by atoms with Crippen LogP contribution in [0.15, 0.2) is 42.5 Å². The summed E-state index contributed by atoms with van der Waals surface area (Å²) in [6.45, 7) is 0. The molecule has 2 aromatic heterocycles. The number of benzene rings is 2. The number of rotatable bonds is 3. The molecule has 0 fully saturated rings. The lowest BCUT2D eigenvalue weighted by Crippen LogP contribution is -2.16. The minimum absolute atomic E-state index is 0.135. The average Bonchev–Trinajstić information content (AvgIpc) is 3.70. The largest absolute Gasteiger partial charge is 0.497 e. The Kier molecular flexibility index (Phi) is 11.0. The monoisotopic (exact) mass is 822 g/mol. The lowest BCUT2D eigenvalue weighted by atomic mass is 10.2. The number of nitrogens with zero attached hydrogens (tertiary/aromatic N) is 6. The number of fused-ring (bicyclic) bond motifs is 1. The van der Waals surface area contributed by atoms with Crippen LogP contribution < -0.4 is 9.47 Å². The van der Waals surface area contributed by atoms with E-state index in [0.717, 1.165) is 11.5 Å². The first-order valence-corrected chi connectivity index (χ1v) is 15.6. The van der Waals surface area contributed by atoms with E-state index < -0.39 is 15.2 Å². The van der Waals surface area contributed by atoms with Crippen molar-refractivity contribution >= 4 is 139 Å². The van der Waals surface area contributed by atoms with Crippen LogP contribution >= 0.6 is 139 Å². The van der Waals surface area contributed by atoms with Gasteiger partial charge >= 0.3 is 0 Å². The topological polar surface area (TPSA) is 99.1 Å². The molecule has 43 heavy (non-hydrogen) atoms. The number of methoxy groups -OCH3 is 1. The molecule has 0 unspecified atom stereocenters. The lowest BCUT2D eigenvalue weighted by Gasteiger charge is -2.15. The highest BCUT2D eigenvalue weighted by Gasteiger charge is 2.35. The van der Waals surface area contributed by atoms with Gasteiger partial charge in [0.15, 0.2) is 46.4 Å². The maximum Gasteiger partial charge on any atom is 0.250 e. The van der Waals surface area contributed by atoms with Gasteiger partial charge in [-0.05, 0) is 42.5 Å². The highest BCUT2D eigenvalue weighted by atomic mass is 35.6. The molecule has 8 nitrogen and oxygen atoms in total. The van der Waals surface area contributed by atoms with E-state index in [4.69, 9.17) is 149 Å². The van der Waals surface area contributed by atoms with Crippen molar-refractivity contribution in [1.29, 1.82) is 0 Å². The van der Waals surface area contributed by atoms with Gasteiger partial charge < -0.3 is 9.47 Å². The van der Waals surface area contributed by atoms with E-state index in [1.165, 1.54) is 0 Å². The Labute approximate surface area is 304 Å². The van der Waals surface area contributed by atoms with Crippen LogP contribution in [0.5, 0.6) is 17.2 Å². The molecule has 0 saturated carbocycles. The van der Waals surface area contributed by atoms with Gasteiger partial charge in [-0.1, -0.05) is 139 Å². The fourth-order valence-electron chi connectivity index (χ4n) is 3.06. The van der Waals surface area contributed by atoms with Crippen molar-refractivity contribution < 1.29 is 9.47 Å². The van der Waals surface area contributed by atoms with Crippen LogP contribution in [0.2, 0.25) is 0 Å². The predicted molar refractivity (Wildman–Crippen MR) is 174 cm³/mol. The van der Waals surface area contributed by atoms with E-state index in [0.29, 0.717) is 16.9 Å². The summed E-state index contributed by atoms with van der Waals surface area (Å²) in [5.74, 6) is 2.05. The third-order valence-corrected chi connectivity index (χ3v) is 7.04. The van der Waals surface area contributed by atoms with E-state index in [9.17, 15) is 0 Å². The van der Waals surface area contributed by atoms with Crippen molar-refractivity contribution in [1.82, 2.24) is 29.9 Å². The molecule has 0 saturated heterocycles. The number of ether oxygens (including phenoxy) is 2. The molecule has 0 N–H and O–H groups in total. The van der Waals surface area contributed by atoms with Gasteiger partial charge in [-0.15, -0.1) is 0 Å². The van der Waals surface area contributed by atoms with Gasteiger partial charge in [-0.25, -0.2) is 29.9 Å². The zero-order valence-electron chi connectivity index (χ0n) is 20.6. The van der Waals surface area contributed by atoms with E-state index in [1.807, 2.05) is 0 Å². The van der Waals surface area contributed by atoms with Gasteiger partial charge in [0, 0.05) is 11.1 Å². The van der Waals surface area contributed by atoms with Gasteiger partial charge in [-0.2, -0.15) is 0 Å². The molecule has 1 aliphatic rings. The van der Waals surface area contributed by atoms with Gasteiger partial charge in [-0.3, -0.25) is 0 Å². The molecule has 2 aromatic carbocycles. The summed E-state index contributed by atoms with van der Waals surface area (Å²) in [6.07, 6.45) is 0. The number of hydrogen-bond donors (Lipinski definition) is 0. The van der Waals surface area contributed by atoms with Crippen LogP contribution in [0.4, 0.5) is 0 Å². The first-order valence-electron chi connectivity index (χ1n) is 11.0. The molecular weight excluding hydrogens is 818 g/mol. The molecule has 4 aromatic rings. The molecule has 1 aliphatic heterocycles. The number of halogens is 12. The first kappa shape index (κ1) is 35.4. The summed E-state index contributed by atoms with van der Waals surface area (Å²) in [5.41, 5.74) is 1.24. The van der Waals surface area contributed by atoms with E-state index >= 15 is 0 Å². The molecule has 3 heterocycles. The molecule has 228 valence electrons. The molecule has 0 aliphatic carbocycles. The van der Waals surface area contributed by atoms with Crippen LogP contribution in [0.1, 0.15) is 23.3 Å². The summed E-state index contributed by atoms with van der Waals surface area (Å²) in [6, 6.07) is 12.1. The minimum atomic E-state index is -1.88. The highest BCUT2D eigenvalue weighted by Crippen LogP contribution is 2.47. The zero-order valence-corrected chi connectivity index (χ0v) is 29.6. The summed E-state index contributed by atoms with van der Waals surface area (Å²) < 4.78 is 2.74. The van der Waals surface area contributed by atoms with Crippen molar-refractivity contribution in [3.63, 3.8) is 0 Å². The molecule has 0 bridgehead atoms. The third kappa shape index (κ3) is 9.53. The molecule has 0 radical (unpaired) electrons. The van der Waals surface area contributed by atoms with E-state index in [1.54, 1.807) is 49.6 Å². The average molecular weight is 828 g/mol. The molecule has 0 amide bonds. The standard InChI is InChI=1S/C12H7Cl6N3O.C11H3Cl6N3O/c1-22-7-4-2-6(3-5-7)8-19-9(11(13,14)15)21-10(20-8)12(16,17)18;12-10(13,14)8-18-7(19-9(20-8)11(15,16)17)4-1-2-5-6(3-4)21-5/h2-5H,1H3;1-3H. The Bertz CT molecular complexity index is 1570. The summed E-state index contributed by atoms with van der Waals surface area (Å²) in [5, 5.41) is 0. The molecule has 0 atom stereocenters. The van der Waals surface area contributed by atoms with Gasteiger partial charge in [0.25, 0.3) is 0 Å². The second kappa shape index (κ2) is 13.3. The predicted octanol–water partition coefficient (Wildman–Crippen LogP) is 10.5. The second-order valence-corrected chi connectivity index (χ2v) is 17.2. The third-order valence-electron chi connectivity index (χ3n) is 5.01. The SMILES string of the molecule is COc1ccc(-c2nc(C(Cl)(Cl)Cl)nc(C(Cl)(Cl)Cl)n2)cc1.ClC(Cl)(Cl)c1nc(-c2ccc3c(c2)O3)nc(C(Cl)(Cl)Cl)n1. The van der Waals surface area contributed by atoms with Crippen LogP contribution in [-0.2, 0) is 15.2 Å². The number of aromatic nitrogens is 6. The quantitative estimate of drug-likeness (QED) is 0.131. The van der Waals surface area contributed by atoms with E-state index in [2.05, 4.69) is 29.9 Å². The van der Waals surface area contributed by atoms with Crippen molar-refractivity contribution in [2.75, 3.05) is 7.11 Å². The minimum Gasteiger partial charge on any atom is -0.497 e. The Balaban J connectivity index is 0.000000197. The van der Waals surface area contributed by atoms with Crippen molar-refractivity contribution in [2.45, 2.75) is 15.2 Å². The van der Waals surface area contributed by atoms with Crippen molar-refractivity contribution in [3.8, 4) is 40.0 Å². The molecular formula is C23H10Cl12N6O2. The van der Waals surface area contributed by atoms with E-state index in [-0.39, 0.29) is 34.9 Å². The smallest absolute Gasteiger partial charge is 0.250 e. The van der Waals surface area contributed by atoms with Gasteiger partial charge in [0.05, 0.1) is 7.11 Å². The summed E-state index contributed by atoms with van der Waals surface area (Å²) in [4.78, 5) is 24.2. The highest BCUT2D eigenvalue weighted by molar-refractivity contribution is 6.68. The Morgan fingerprint density at radius 3 is 1.21 bits per heavy atom. The number of alkyl halides is 12. The number of hydrogen-bond acceptors (Lipinski definition) is 8. The van der Waals surface area contributed by atoms with Crippen LogP contribution in [0.3, 0.4) is 0 Å². The fraction of sp³-hybridized carbons (Fsp3) is 0.217. The summed E-state index contributed by atoms with van der Waals surface area (Å²) >= 11 is 69.7. The van der Waals surface area contributed by atoms with Crippen LogP contribution in [-0.4, -0.2) is 37.0 Å². The Hall–Kier alpha value is -0.460. The fourth-order valence-corrected chi connectivity index (χ4v) is 4.08. The van der Waals surface area contributed by atoms with Gasteiger partial charge in [0.1, 0.15) is 5.75 Å². The molecule has 5 rings (SSSR count). The Morgan fingerprint density at radius 2 is 0.860 bits per heavy atom. The zero-order chi connectivity index (χ0) is 32.0. The molecule has 0 spiro atoms. The van der Waals surface area contributed by atoms with Crippen LogP contribution in [0.25, 0.3) is 22.8 Å². The maximum absolute atomic E-state index is 5.82. The first-order chi connectivity index (χ1) is 19.8. The van der Waals surface area contributed by atoms with Crippen molar-refractivity contribution in [3.05, 3.63) is 65.8 Å². The van der Waals surface area contributed by atoms with Gasteiger partial charge in [0.2, 0.25) is 15.2 Å². The lowest BCUT2D eigenvalue weighted by molar-refractivity contribution is 0.415. The van der Waals surface area contributed by atoms with Crippen molar-refractivity contribution in [2.24, 2.45) is 0 Å². The van der Waals surface area contributed by atoms with Crippen LogP contribution in [0, 0.1) is 0 Å². The Morgan fingerprint density at radius 1 is 0.488 bits per heavy atom.